The standard InChI is InChI=1S/C13H25NO2/c1-4-5-8-12(13(15)16)14-9-6-7-10(2)11(14)3/h10-12H,4-9H2,1-3H3,(H,15,16). The van der Waals surface area contributed by atoms with Crippen molar-refractivity contribution in [3.63, 3.8) is 0 Å². The predicted octanol–water partition coefficient (Wildman–Crippen LogP) is 2.75. The molecule has 1 aliphatic rings. The summed E-state index contributed by atoms with van der Waals surface area (Å²) in [7, 11) is 0. The van der Waals surface area contributed by atoms with Crippen LogP contribution in [0.1, 0.15) is 52.9 Å². The van der Waals surface area contributed by atoms with E-state index in [0.717, 1.165) is 32.2 Å². The van der Waals surface area contributed by atoms with E-state index in [0.29, 0.717) is 12.0 Å². The van der Waals surface area contributed by atoms with E-state index >= 15 is 0 Å². The van der Waals surface area contributed by atoms with Crippen LogP contribution in [0.2, 0.25) is 0 Å². The monoisotopic (exact) mass is 227 g/mol. The highest BCUT2D eigenvalue weighted by Crippen LogP contribution is 2.26. The maximum absolute atomic E-state index is 11.3. The molecule has 1 aliphatic heterocycles. The van der Waals surface area contributed by atoms with Gasteiger partial charge in [0.1, 0.15) is 6.04 Å². The van der Waals surface area contributed by atoms with Gasteiger partial charge in [-0.2, -0.15) is 0 Å². The van der Waals surface area contributed by atoms with Crippen molar-refractivity contribution < 1.29 is 9.90 Å². The first kappa shape index (κ1) is 13.5. The van der Waals surface area contributed by atoms with Crippen molar-refractivity contribution in [3.8, 4) is 0 Å². The first-order chi connectivity index (χ1) is 7.57. The molecule has 3 heteroatoms. The third-order valence-electron chi connectivity index (χ3n) is 3.94. The normalized spacial score (nSPS) is 28.9. The van der Waals surface area contributed by atoms with E-state index in [-0.39, 0.29) is 6.04 Å². The average Bonchev–Trinajstić information content (AvgIpc) is 2.24. The Hall–Kier alpha value is -0.570. The number of hydrogen-bond donors (Lipinski definition) is 1. The molecule has 1 saturated heterocycles. The Kier molecular flexibility index (Phi) is 5.26. The predicted molar refractivity (Wildman–Crippen MR) is 65.5 cm³/mol. The third kappa shape index (κ3) is 3.21. The number of unbranched alkanes of at least 4 members (excludes halogenated alkanes) is 1. The van der Waals surface area contributed by atoms with Gasteiger partial charge in [-0.05, 0) is 38.6 Å². The van der Waals surface area contributed by atoms with Crippen LogP contribution in [0.15, 0.2) is 0 Å². The topological polar surface area (TPSA) is 40.5 Å². The minimum Gasteiger partial charge on any atom is -0.480 e. The molecule has 0 amide bonds. The Labute approximate surface area is 98.8 Å². The summed E-state index contributed by atoms with van der Waals surface area (Å²) >= 11 is 0. The molecule has 1 N–H and O–H groups in total. The van der Waals surface area contributed by atoms with Crippen molar-refractivity contribution in [2.45, 2.75) is 65.0 Å². The van der Waals surface area contributed by atoms with E-state index in [9.17, 15) is 9.90 Å². The molecule has 0 aromatic carbocycles. The largest absolute Gasteiger partial charge is 0.480 e. The molecule has 0 saturated carbocycles. The van der Waals surface area contributed by atoms with Gasteiger partial charge in [0.15, 0.2) is 0 Å². The molecule has 0 aromatic rings. The molecule has 0 aromatic heterocycles. The van der Waals surface area contributed by atoms with Crippen molar-refractivity contribution in [2.75, 3.05) is 6.54 Å². The molecule has 1 fully saturated rings. The van der Waals surface area contributed by atoms with E-state index in [2.05, 4.69) is 25.7 Å². The molecule has 94 valence electrons. The minimum absolute atomic E-state index is 0.266. The van der Waals surface area contributed by atoms with E-state index in [1.807, 2.05) is 0 Å². The molecule has 0 spiro atoms. The Morgan fingerprint density at radius 3 is 2.75 bits per heavy atom. The van der Waals surface area contributed by atoms with Crippen LogP contribution >= 0.6 is 0 Å². The second kappa shape index (κ2) is 6.24. The second-order valence-corrected chi connectivity index (χ2v) is 5.09. The van der Waals surface area contributed by atoms with Gasteiger partial charge < -0.3 is 5.11 Å². The summed E-state index contributed by atoms with van der Waals surface area (Å²) in [5.74, 6) is -0.0216. The van der Waals surface area contributed by atoms with Gasteiger partial charge >= 0.3 is 5.97 Å². The molecular weight excluding hydrogens is 202 g/mol. The van der Waals surface area contributed by atoms with Crippen LogP contribution in [0, 0.1) is 5.92 Å². The number of rotatable bonds is 5. The van der Waals surface area contributed by atoms with Gasteiger partial charge in [0, 0.05) is 6.04 Å². The van der Waals surface area contributed by atoms with Crippen LogP contribution in [-0.4, -0.2) is 34.6 Å². The lowest BCUT2D eigenvalue weighted by molar-refractivity contribution is -0.145. The fourth-order valence-corrected chi connectivity index (χ4v) is 2.64. The van der Waals surface area contributed by atoms with Crippen molar-refractivity contribution in [1.29, 1.82) is 0 Å². The highest BCUT2D eigenvalue weighted by atomic mass is 16.4. The molecule has 1 rings (SSSR count). The maximum atomic E-state index is 11.3. The molecule has 0 radical (unpaired) electrons. The highest BCUT2D eigenvalue weighted by Gasteiger charge is 2.33. The zero-order valence-electron chi connectivity index (χ0n) is 10.8. The number of likely N-dealkylation sites (tertiary alicyclic amines) is 1. The average molecular weight is 227 g/mol. The fraction of sp³-hybridized carbons (Fsp3) is 0.923. The van der Waals surface area contributed by atoms with Crippen molar-refractivity contribution in [3.05, 3.63) is 0 Å². The number of nitrogens with zero attached hydrogens (tertiary/aromatic N) is 1. The minimum atomic E-state index is -0.644. The maximum Gasteiger partial charge on any atom is 0.320 e. The summed E-state index contributed by atoms with van der Waals surface area (Å²) in [6.07, 6.45) is 5.25. The Bertz CT molecular complexity index is 230. The molecule has 0 bridgehead atoms. The first-order valence-electron chi connectivity index (χ1n) is 6.56. The SMILES string of the molecule is CCCCC(C(=O)O)N1CCCC(C)C1C. The van der Waals surface area contributed by atoms with Crippen LogP contribution in [0.3, 0.4) is 0 Å². The van der Waals surface area contributed by atoms with Crippen LogP contribution in [0.25, 0.3) is 0 Å². The van der Waals surface area contributed by atoms with Crippen LogP contribution in [0.5, 0.6) is 0 Å². The lowest BCUT2D eigenvalue weighted by Crippen LogP contribution is -2.51. The molecular formula is C13H25NO2. The van der Waals surface area contributed by atoms with Crippen LogP contribution in [0.4, 0.5) is 0 Å². The highest BCUT2D eigenvalue weighted by molar-refractivity contribution is 5.73. The Morgan fingerprint density at radius 2 is 2.19 bits per heavy atom. The number of carboxylic acid groups (broad SMARTS) is 1. The van der Waals surface area contributed by atoms with Crippen LogP contribution < -0.4 is 0 Å². The molecule has 0 aliphatic carbocycles. The molecule has 16 heavy (non-hydrogen) atoms. The van der Waals surface area contributed by atoms with E-state index in [1.54, 1.807) is 0 Å². The van der Waals surface area contributed by atoms with Gasteiger partial charge in [0.2, 0.25) is 0 Å². The zero-order valence-corrected chi connectivity index (χ0v) is 10.8. The van der Waals surface area contributed by atoms with E-state index in [1.165, 1.54) is 6.42 Å². The lowest BCUT2D eigenvalue weighted by Gasteiger charge is -2.41. The molecule has 3 unspecified atom stereocenters. The number of hydrogen-bond acceptors (Lipinski definition) is 2. The van der Waals surface area contributed by atoms with Crippen molar-refractivity contribution >= 4 is 5.97 Å². The van der Waals surface area contributed by atoms with Gasteiger partial charge in [-0.25, -0.2) is 0 Å². The first-order valence-corrected chi connectivity index (χ1v) is 6.56. The van der Waals surface area contributed by atoms with Crippen LogP contribution in [-0.2, 0) is 4.79 Å². The number of piperidine rings is 1. The van der Waals surface area contributed by atoms with Gasteiger partial charge in [0.25, 0.3) is 0 Å². The summed E-state index contributed by atoms with van der Waals surface area (Å²) in [5, 5.41) is 9.31. The van der Waals surface area contributed by atoms with Gasteiger partial charge in [0.05, 0.1) is 0 Å². The van der Waals surface area contributed by atoms with E-state index < -0.39 is 5.97 Å². The van der Waals surface area contributed by atoms with Crippen molar-refractivity contribution in [2.24, 2.45) is 5.92 Å². The smallest absolute Gasteiger partial charge is 0.320 e. The number of aliphatic carboxylic acids is 1. The summed E-state index contributed by atoms with van der Waals surface area (Å²) in [5.41, 5.74) is 0. The summed E-state index contributed by atoms with van der Waals surface area (Å²) in [6, 6.07) is 0.143. The quantitative estimate of drug-likeness (QED) is 0.785. The fourth-order valence-electron chi connectivity index (χ4n) is 2.64. The second-order valence-electron chi connectivity index (χ2n) is 5.09. The third-order valence-corrected chi connectivity index (χ3v) is 3.94. The lowest BCUT2D eigenvalue weighted by atomic mass is 9.90. The Balaban J connectivity index is 2.64. The Morgan fingerprint density at radius 1 is 1.50 bits per heavy atom. The van der Waals surface area contributed by atoms with Gasteiger partial charge in [-0.3, -0.25) is 9.69 Å². The number of carboxylic acids is 1. The van der Waals surface area contributed by atoms with E-state index in [4.69, 9.17) is 0 Å². The van der Waals surface area contributed by atoms with Gasteiger partial charge in [-0.1, -0.05) is 26.7 Å². The summed E-state index contributed by atoms with van der Waals surface area (Å²) in [6.45, 7) is 7.47. The molecule has 1 heterocycles. The molecule has 3 atom stereocenters. The summed E-state index contributed by atoms with van der Waals surface area (Å²) < 4.78 is 0. The number of carbonyl (C=O) groups is 1. The molecule has 3 nitrogen and oxygen atoms in total. The zero-order chi connectivity index (χ0) is 12.1. The summed E-state index contributed by atoms with van der Waals surface area (Å²) in [4.78, 5) is 13.5. The van der Waals surface area contributed by atoms with Gasteiger partial charge in [-0.15, -0.1) is 0 Å². The van der Waals surface area contributed by atoms with Crippen molar-refractivity contribution in [1.82, 2.24) is 4.90 Å².